The molecule has 1 unspecified atom stereocenters. The Hall–Kier alpha value is -2.95. The summed E-state index contributed by atoms with van der Waals surface area (Å²) in [5.41, 5.74) is 1.60. The molecule has 0 radical (unpaired) electrons. The van der Waals surface area contributed by atoms with E-state index in [2.05, 4.69) is 15.5 Å². The van der Waals surface area contributed by atoms with Gasteiger partial charge in [0, 0.05) is 31.7 Å². The second-order valence-corrected chi connectivity index (χ2v) is 9.96. The quantitative estimate of drug-likeness (QED) is 0.702. The fraction of sp³-hybridized carbons (Fsp3) is 0.364. The normalized spacial score (nSPS) is 18.2. The largest absolute Gasteiger partial charge is 0.482 e. The first-order valence-electron chi connectivity index (χ1n) is 10.4. The Balaban J connectivity index is 1.48. The van der Waals surface area contributed by atoms with E-state index in [-0.39, 0.29) is 34.9 Å². The Kier molecular flexibility index (Phi) is 6.18. The van der Waals surface area contributed by atoms with Crippen LogP contribution in [0.3, 0.4) is 0 Å². The van der Waals surface area contributed by atoms with E-state index in [4.69, 9.17) is 4.74 Å². The number of sulfonamides is 1. The van der Waals surface area contributed by atoms with Crippen LogP contribution in [0.5, 0.6) is 5.75 Å². The molecule has 2 aromatic carbocycles. The maximum absolute atomic E-state index is 13.0. The zero-order chi connectivity index (χ0) is 22.9. The van der Waals surface area contributed by atoms with Crippen LogP contribution in [0.1, 0.15) is 28.9 Å². The van der Waals surface area contributed by atoms with Crippen LogP contribution in [0.4, 0.5) is 5.69 Å². The fourth-order valence-corrected chi connectivity index (χ4v) is 5.18. The number of anilines is 1. The summed E-state index contributed by atoms with van der Waals surface area (Å²) in [4.78, 5) is 26.6. The molecule has 4 rings (SSSR count). The Morgan fingerprint density at radius 2 is 1.88 bits per heavy atom. The highest BCUT2D eigenvalue weighted by molar-refractivity contribution is 7.89. The minimum absolute atomic E-state index is 0.0218. The molecule has 9 nitrogen and oxygen atoms in total. The van der Waals surface area contributed by atoms with Gasteiger partial charge < -0.3 is 20.3 Å². The van der Waals surface area contributed by atoms with E-state index in [1.54, 1.807) is 24.3 Å². The first kappa shape index (κ1) is 22.3. The molecule has 32 heavy (non-hydrogen) atoms. The third kappa shape index (κ3) is 4.62. The fourth-order valence-electron chi connectivity index (χ4n) is 3.71. The van der Waals surface area contributed by atoms with Crippen LogP contribution in [-0.2, 0) is 14.8 Å². The SMILES string of the molecule is CC(NC(=O)c1cccc(S(=O)(=O)N2CCN(C)CC2)c1)c1ccc2c(c1)NC(=O)CO2. The average molecular weight is 459 g/mol. The standard InChI is InChI=1S/C22H26N4O5S/c1-15(16-6-7-20-19(13-16)24-21(27)14-31-20)23-22(28)17-4-3-5-18(12-17)32(29,30)26-10-8-25(2)9-11-26/h3-7,12-13,15H,8-11,14H2,1-2H3,(H,23,28)(H,24,27). The molecule has 0 spiro atoms. The lowest BCUT2D eigenvalue weighted by Crippen LogP contribution is -2.47. The number of rotatable bonds is 5. The van der Waals surface area contributed by atoms with Crippen molar-refractivity contribution in [2.75, 3.05) is 45.2 Å². The predicted octanol–water partition coefficient (Wildman–Crippen LogP) is 1.44. The van der Waals surface area contributed by atoms with Crippen molar-refractivity contribution in [3.8, 4) is 5.75 Å². The number of fused-ring (bicyclic) bond motifs is 1. The highest BCUT2D eigenvalue weighted by Gasteiger charge is 2.28. The van der Waals surface area contributed by atoms with Gasteiger partial charge in [-0.2, -0.15) is 4.31 Å². The number of carbonyl (C=O) groups excluding carboxylic acids is 2. The van der Waals surface area contributed by atoms with Crippen LogP contribution >= 0.6 is 0 Å². The number of hydrogen-bond acceptors (Lipinski definition) is 6. The smallest absolute Gasteiger partial charge is 0.262 e. The monoisotopic (exact) mass is 458 g/mol. The lowest BCUT2D eigenvalue weighted by Gasteiger charge is -2.31. The summed E-state index contributed by atoms with van der Waals surface area (Å²) in [5, 5.41) is 5.63. The van der Waals surface area contributed by atoms with E-state index in [9.17, 15) is 18.0 Å². The molecule has 0 aromatic heterocycles. The van der Waals surface area contributed by atoms with E-state index < -0.39 is 10.0 Å². The zero-order valence-corrected chi connectivity index (χ0v) is 18.8. The molecule has 2 aliphatic heterocycles. The molecule has 2 amide bonds. The molecule has 0 saturated carbocycles. The zero-order valence-electron chi connectivity index (χ0n) is 18.0. The molecule has 1 fully saturated rings. The van der Waals surface area contributed by atoms with E-state index in [1.165, 1.54) is 16.4 Å². The Morgan fingerprint density at radius 1 is 1.12 bits per heavy atom. The van der Waals surface area contributed by atoms with Gasteiger partial charge in [0.2, 0.25) is 10.0 Å². The molecule has 1 atom stereocenters. The Bertz CT molecular complexity index is 1140. The summed E-state index contributed by atoms with van der Waals surface area (Å²) in [6.07, 6.45) is 0. The van der Waals surface area contributed by atoms with Gasteiger partial charge in [-0.05, 0) is 49.9 Å². The van der Waals surface area contributed by atoms with E-state index in [0.717, 1.165) is 5.56 Å². The minimum atomic E-state index is -3.67. The van der Waals surface area contributed by atoms with Crippen LogP contribution in [-0.4, -0.2) is 69.3 Å². The number of nitrogens with one attached hydrogen (secondary N) is 2. The Labute approximate surface area is 187 Å². The second kappa shape index (κ2) is 8.89. The number of likely N-dealkylation sites (N-methyl/N-ethyl adjacent to an activating group) is 1. The predicted molar refractivity (Wildman–Crippen MR) is 119 cm³/mol. The first-order valence-corrected chi connectivity index (χ1v) is 11.8. The van der Waals surface area contributed by atoms with Gasteiger partial charge >= 0.3 is 0 Å². The molecular weight excluding hydrogens is 432 g/mol. The van der Waals surface area contributed by atoms with Crippen molar-refractivity contribution >= 4 is 27.5 Å². The molecule has 0 aliphatic carbocycles. The number of ether oxygens (including phenoxy) is 1. The van der Waals surface area contributed by atoms with Crippen LogP contribution in [0.2, 0.25) is 0 Å². The molecule has 1 saturated heterocycles. The van der Waals surface area contributed by atoms with Crippen molar-refractivity contribution < 1.29 is 22.7 Å². The third-order valence-electron chi connectivity index (χ3n) is 5.68. The van der Waals surface area contributed by atoms with Crippen LogP contribution in [0.25, 0.3) is 0 Å². The van der Waals surface area contributed by atoms with Gasteiger partial charge in [-0.1, -0.05) is 12.1 Å². The maximum atomic E-state index is 13.0. The van der Waals surface area contributed by atoms with Crippen LogP contribution < -0.4 is 15.4 Å². The molecule has 2 aromatic rings. The van der Waals surface area contributed by atoms with Crippen LogP contribution in [0, 0.1) is 0 Å². The number of nitrogens with zero attached hydrogens (tertiary/aromatic N) is 2. The molecule has 2 heterocycles. The Morgan fingerprint density at radius 3 is 2.62 bits per heavy atom. The van der Waals surface area contributed by atoms with Gasteiger partial charge in [0.15, 0.2) is 6.61 Å². The van der Waals surface area contributed by atoms with E-state index >= 15 is 0 Å². The maximum Gasteiger partial charge on any atom is 0.262 e. The van der Waals surface area contributed by atoms with Gasteiger partial charge in [-0.3, -0.25) is 9.59 Å². The van der Waals surface area contributed by atoms with Crippen molar-refractivity contribution in [3.63, 3.8) is 0 Å². The van der Waals surface area contributed by atoms with E-state index in [1.807, 2.05) is 20.0 Å². The minimum Gasteiger partial charge on any atom is -0.482 e. The highest BCUT2D eigenvalue weighted by Crippen LogP contribution is 2.30. The first-order chi connectivity index (χ1) is 15.2. The van der Waals surface area contributed by atoms with Crippen molar-refractivity contribution in [2.24, 2.45) is 0 Å². The number of carbonyl (C=O) groups is 2. The lowest BCUT2D eigenvalue weighted by molar-refractivity contribution is -0.118. The molecule has 2 aliphatic rings. The summed E-state index contributed by atoms with van der Waals surface area (Å²) in [5.74, 6) is -0.0377. The molecule has 10 heteroatoms. The van der Waals surface area contributed by atoms with Crippen molar-refractivity contribution in [1.82, 2.24) is 14.5 Å². The van der Waals surface area contributed by atoms with Crippen LogP contribution in [0.15, 0.2) is 47.4 Å². The van der Waals surface area contributed by atoms with Gasteiger partial charge in [0.25, 0.3) is 11.8 Å². The summed E-state index contributed by atoms with van der Waals surface area (Å²) in [7, 11) is -1.71. The van der Waals surface area contributed by atoms with Gasteiger partial charge in [0.05, 0.1) is 16.6 Å². The summed E-state index contributed by atoms with van der Waals surface area (Å²) >= 11 is 0. The second-order valence-electron chi connectivity index (χ2n) is 8.02. The number of benzene rings is 2. The summed E-state index contributed by atoms with van der Waals surface area (Å²) in [6, 6.07) is 11.0. The van der Waals surface area contributed by atoms with Crippen molar-refractivity contribution in [2.45, 2.75) is 17.9 Å². The van der Waals surface area contributed by atoms with Gasteiger partial charge in [0.1, 0.15) is 5.75 Å². The number of hydrogen-bond donors (Lipinski definition) is 2. The van der Waals surface area contributed by atoms with Gasteiger partial charge in [-0.15, -0.1) is 0 Å². The lowest BCUT2D eigenvalue weighted by atomic mass is 10.1. The summed E-state index contributed by atoms with van der Waals surface area (Å²) in [6.45, 7) is 3.98. The topological polar surface area (TPSA) is 108 Å². The molecule has 2 N–H and O–H groups in total. The van der Waals surface area contributed by atoms with Crippen molar-refractivity contribution in [3.05, 3.63) is 53.6 Å². The molecular formula is C22H26N4O5S. The van der Waals surface area contributed by atoms with E-state index in [0.29, 0.717) is 37.6 Å². The number of amides is 2. The highest BCUT2D eigenvalue weighted by atomic mass is 32.2. The third-order valence-corrected chi connectivity index (χ3v) is 7.57. The average Bonchev–Trinajstić information content (AvgIpc) is 2.79. The molecule has 0 bridgehead atoms. The summed E-state index contributed by atoms with van der Waals surface area (Å²) < 4.78 is 32.8. The van der Waals surface area contributed by atoms with Gasteiger partial charge in [-0.25, -0.2) is 8.42 Å². The van der Waals surface area contributed by atoms with Crippen molar-refractivity contribution in [1.29, 1.82) is 0 Å². The number of piperazine rings is 1. The molecule has 170 valence electrons.